The molecule has 1 aliphatic heterocycles. The second-order valence-electron chi connectivity index (χ2n) is 6.50. The van der Waals surface area contributed by atoms with Gasteiger partial charge in [0, 0.05) is 23.9 Å². The van der Waals surface area contributed by atoms with E-state index in [1.54, 1.807) is 20.5 Å². The molecule has 0 spiro atoms. The van der Waals surface area contributed by atoms with Crippen LogP contribution in [0.4, 0.5) is 23.0 Å². The molecule has 6 heteroatoms. The highest BCUT2D eigenvalue weighted by Crippen LogP contribution is 2.38. The smallest absolute Gasteiger partial charge is 0.146 e. The Morgan fingerprint density at radius 1 is 1.04 bits per heavy atom. The van der Waals surface area contributed by atoms with Crippen LogP contribution in [0.25, 0.3) is 0 Å². The zero-order valence-electron chi connectivity index (χ0n) is 15.6. The molecule has 0 fully saturated rings. The largest absolute Gasteiger partial charge is 0.497 e. The van der Waals surface area contributed by atoms with Crippen LogP contribution in [-0.2, 0) is 6.42 Å². The first-order chi connectivity index (χ1) is 13.2. The van der Waals surface area contributed by atoms with Crippen LogP contribution in [0.2, 0.25) is 0 Å². The van der Waals surface area contributed by atoms with Gasteiger partial charge in [-0.3, -0.25) is 0 Å². The molecule has 0 aliphatic carbocycles. The SMILES string of the molecule is COc1ccc(Nc2cc(N3c4ccccc4CC3C)ncn2)c(OC)c1. The molecular formula is C21H22N4O2. The van der Waals surface area contributed by atoms with Crippen molar-refractivity contribution >= 4 is 23.0 Å². The highest BCUT2D eigenvalue weighted by molar-refractivity contribution is 5.72. The summed E-state index contributed by atoms with van der Waals surface area (Å²) in [7, 11) is 3.27. The van der Waals surface area contributed by atoms with E-state index in [9.17, 15) is 0 Å². The van der Waals surface area contributed by atoms with Gasteiger partial charge in [-0.1, -0.05) is 18.2 Å². The van der Waals surface area contributed by atoms with Crippen LogP contribution in [0.3, 0.4) is 0 Å². The number of ether oxygens (including phenoxy) is 2. The number of nitrogens with one attached hydrogen (secondary N) is 1. The van der Waals surface area contributed by atoms with Crippen molar-refractivity contribution in [2.45, 2.75) is 19.4 Å². The van der Waals surface area contributed by atoms with Crippen molar-refractivity contribution in [2.24, 2.45) is 0 Å². The number of anilines is 4. The molecule has 1 aromatic heterocycles. The molecule has 0 saturated heterocycles. The molecule has 4 rings (SSSR count). The van der Waals surface area contributed by atoms with E-state index >= 15 is 0 Å². The Kier molecular flexibility index (Phi) is 4.54. The van der Waals surface area contributed by atoms with E-state index in [0.29, 0.717) is 17.6 Å². The summed E-state index contributed by atoms with van der Waals surface area (Å²) in [4.78, 5) is 11.1. The number of methoxy groups -OCH3 is 2. The maximum atomic E-state index is 5.46. The van der Waals surface area contributed by atoms with Crippen molar-refractivity contribution in [3.63, 3.8) is 0 Å². The molecule has 0 saturated carbocycles. The summed E-state index contributed by atoms with van der Waals surface area (Å²) in [6, 6.07) is 16.4. The predicted octanol–water partition coefficient (Wildman–Crippen LogP) is 4.32. The molecule has 138 valence electrons. The quantitative estimate of drug-likeness (QED) is 0.729. The summed E-state index contributed by atoms with van der Waals surface area (Å²) in [5.41, 5.74) is 3.37. The lowest BCUT2D eigenvalue weighted by molar-refractivity contribution is 0.395. The molecule has 1 unspecified atom stereocenters. The molecule has 0 radical (unpaired) electrons. The molecule has 3 aromatic rings. The van der Waals surface area contributed by atoms with Gasteiger partial charge in [0.05, 0.1) is 19.9 Å². The first kappa shape index (κ1) is 17.1. The van der Waals surface area contributed by atoms with Crippen LogP contribution in [0, 0.1) is 0 Å². The molecule has 1 aliphatic rings. The number of para-hydroxylation sites is 1. The van der Waals surface area contributed by atoms with Crippen molar-refractivity contribution in [3.05, 3.63) is 60.4 Å². The van der Waals surface area contributed by atoms with E-state index in [0.717, 1.165) is 23.7 Å². The Morgan fingerprint density at radius 2 is 1.89 bits per heavy atom. The van der Waals surface area contributed by atoms with Crippen LogP contribution in [0.15, 0.2) is 54.9 Å². The Hall–Kier alpha value is -3.28. The maximum absolute atomic E-state index is 5.46. The summed E-state index contributed by atoms with van der Waals surface area (Å²) >= 11 is 0. The van der Waals surface area contributed by atoms with Crippen LogP contribution < -0.4 is 19.7 Å². The molecule has 2 heterocycles. The minimum absolute atomic E-state index is 0.348. The Labute approximate surface area is 158 Å². The number of fused-ring (bicyclic) bond motifs is 1. The average molecular weight is 362 g/mol. The lowest BCUT2D eigenvalue weighted by atomic mass is 10.1. The average Bonchev–Trinajstić information content (AvgIpc) is 3.04. The van der Waals surface area contributed by atoms with Crippen LogP contribution >= 0.6 is 0 Å². The van der Waals surface area contributed by atoms with Gasteiger partial charge in [-0.25, -0.2) is 9.97 Å². The zero-order chi connectivity index (χ0) is 18.8. The number of nitrogens with zero attached hydrogens (tertiary/aromatic N) is 3. The van der Waals surface area contributed by atoms with Crippen molar-refractivity contribution < 1.29 is 9.47 Å². The topological polar surface area (TPSA) is 59.5 Å². The Morgan fingerprint density at radius 3 is 2.70 bits per heavy atom. The van der Waals surface area contributed by atoms with Gasteiger partial charge in [0.15, 0.2) is 0 Å². The molecule has 1 atom stereocenters. The monoisotopic (exact) mass is 362 g/mol. The van der Waals surface area contributed by atoms with Gasteiger partial charge in [0.25, 0.3) is 0 Å². The Bertz CT molecular complexity index is 960. The molecule has 0 amide bonds. The van der Waals surface area contributed by atoms with Gasteiger partial charge in [0.2, 0.25) is 0 Å². The van der Waals surface area contributed by atoms with Crippen molar-refractivity contribution in [3.8, 4) is 11.5 Å². The van der Waals surface area contributed by atoms with Gasteiger partial charge >= 0.3 is 0 Å². The standard InChI is InChI=1S/C21H22N4O2/c1-14-10-15-6-4-5-7-18(15)25(14)21-12-20(22-13-23-21)24-17-9-8-16(26-2)11-19(17)27-3/h4-9,11-14H,10H2,1-3H3,(H,22,23,24). The Balaban J connectivity index is 1.64. The highest BCUT2D eigenvalue weighted by atomic mass is 16.5. The minimum atomic E-state index is 0.348. The third-order valence-electron chi connectivity index (χ3n) is 4.78. The molecular weight excluding hydrogens is 340 g/mol. The summed E-state index contributed by atoms with van der Waals surface area (Å²) in [5.74, 6) is 3.01. The van der Waals surface area contributed by atoms with E-state index in [1.165, 1.54) is 11.3 Å². The lowest BCUT2D eigenvalue weighted by Crippen LogP contribution is -2.24. The minimum Gasteiger partial charge on any atom is -0.497 e. The number of benzene rings is 2. The van der Waals surface area contributed by atoms with Gasteiger partial charge < -0.3 is 19.7 Å². The van der Waals surface area contributed by atoms with Gasteiger partial charge in [-0.05, 0) is 37.1 Å². The first-order valence-corrected chi connectivity index (χ1v) is 8.88. The zero-order valence-corrected chi connectivity index (χ0v) is 15.6. The van der Waals surface area contributed by atoms with E-state index < -0.39 is 0 Å². The van der Waals surface area contributed by atoms with E-state index in [1.807, 2.05) is 24.3 Å². The fourth-order valence-corrected chi connectivity index (χ4v) is 3.50. The summed E-state index contributed by atoms with van der Waals surface area (Å²) < 4.78 is 10.7. The second kappa shape index (κ2) is 7.15. The molecule has 0 bridgehead atoms. The first-order valence-electron chi connectivity index (χ1n) is 8.88. The van der Waals surface area contributed by atoms with Crippen molar-refractivity contribution in [1.82, 2.24) is 9.97 Å². The molecule has 27 heavy (non-hydrogen) atoms. The van der Waals surface area contributed by atoms with Crippen molar-refractivity contribution in [1.29, 1.82) is 0 Å². The van der Waals surface area contributed by atoms with Gasteiger partial charge in [0.1, 0.15) is 29.5 Å². The summed E-state index contributed by atoms with van der Waals surface area (Å²) in [6.45, 7) is 2.21. The number of aromatic nitrogens is 2. The molecule has 6 nitrogen and oxygen atoms in total. The number of hydrogen-bond donors (Lipinski definition) is 1. The summed E-state index contributed by atoms with van der Waals surface area (Å²) in [6.07, 6.45) is 2.59. The van der Waals surface area contributed by atoms with Gasteiger partial charge in [-0.2, -0.15) is 0 Å². The second-order valence-corrected chi connectivity index (χ2v) is 6.50. The van der Waals surface area contributed by atoms with Crippen LogP contribution in [0.1, 0.15) is 12.5 Å². The number of hydrogen-bond acceptors (Lipinski definition) is 6. The predicted molar refractivity (Wildman–Crippen MR) is 107 cm³/mol. The third kappa shape index (κ3) is 3.26. The number of rotatable bonds is 5. The lowest BCUT2D eigenvalue weighted by Gasteiger charge is -2.24. The fourth-order valence-electron chi connectivity index (χ4n) is 3.50. The third-order valence-corrected chi connectivity index (χ3v) is 4.78. The maximum Gasteiger partial charge on any atom is 0.146 e. The molecule has 2 aromatic carbocycles. The van der Waals surface area contributed by atoms with E-state index in [2.05, 4.69) is 51.4 Å². The molecule has 1 N–H and O–H groups in total. The van der Waals surface area contributed by atoms with Crippen LogP contribution in [0.5, 0.6) is 11.5 Å². The van der Waals surface area contributed by atoms with Crippen molar-refractivity contribution in [2.75, 3.05) is 24.4 Å². The van der Waals surface area contributed by atoms with Gasteiger partial charge in [-0.15, -0.1) is 0 Å². The van der Waals surface area contributed by atoms with E-state index in [4.69, 9.17) is 9.47 Å². The summed E-state index contributed by atoms with van der Waals surface area (Å²) in [5, 5.41) is 3.32. The fraction of sp³-hybridized carbons (Fsp3) is 0.238. The normalized spacial score (nSPS) is 15.4. The highest BCUT2D eigenvalue weighted by Gasteiger charge is 2.27. The van der Waals surface area contributed by atoms with Crippen LogP contribution in [-0.4, -0.2) is 30.2 Å². The van der Waals surface area contributed by atoms with E-state index in [-0.39, 0.29) is 0 Å².